The fourth-order valence-corrected chi connectivity index (χ4v) is 2.87. The van der Waals surface area contributed by atoms with Crippen molar-refractivity contribution in [3.63, 3.8) is 0 Å². The van der Waals surface area contributed by atoms with E-state index in [9.17, 15) is 18.0 Å². The van der Waals surface area contributed by atoms with E-state index in [1.807, 2.05) is 0 Å². The van der Waals surface area contributed by atoms with E-state index in [1.165, 1.54) is 25.3 Å². The number of hydrogen-bond acceptors (Lipinski definition) is 3. The maximum Gasteiger partial charge on any atom is 0.449 e. The molecule has 3 aromatic rings. The number of amides is 1. The molecule has 0 aliphatic rings. The van der Waals surface area contributed by atoms with Gasteiger partial charge >= 0.3 is 6.18 Å². The normalized spacial score (nSPS) is 11.6. The third kappa shape index (κ3) is 3.85. The van der Waals surface area contributed by atoms with Gasteiger partial charge in [-0.05, 0) is 30.7 Å². The topological polar surface area (TPSA) is 56.1 Å². The SMILES string of the molecule is COc1cc(Cl)c(C)cc1NC(=O)Cn1c(C(F)(F)F)nc2ccccc21. The second-order valence-corrected chi connectivity index (χ2v) is 6.27. The van der Waals surface area contributed by atoms with E-state index in [-0.39, 0.29) is 11.0 Å². The number of alkyl halides is 3. The minimum atomic E-state index is -4.69. The second-order valence-electron chi connectivity index (χ2n) is 5.86. The highest BCUT2D eigenvalue weighted by atomic mass is 35.5. The highest BCUT2D eigenvalue weighted by molar-refractivity contribution is 6.31. The Bertz CT molecular complexity index is 1010. The van der Waals surface area contributed by atoms with Crippen LogP contribution in [0.2, 0.25) is 5.02 Å². The molecule has 1 heterocycles. The lowest BCUT2D eigenvalue weighted by Gasteiger charge is -2.14. The summed E-state index contributed by atoms with van der Waals surface area (Å²) in [6.07, 6.45) is -4.69. The molecule has 1 N–H and O–H groups in total. The molecule has 0 aliphatic heterocycles. The molecule has 142 valence electrons. The summed E-state index contributed by atoms with van der Waals surface area (Å²) in [5.41, 5.74) is 1.40. The molecule has 0 fully saturated rings. The number of hydrogen-bond donors (Lipinski definition) is 1. The number of rotatable bonds is 4. The lowest BCUT2D eigenvalue weighted by Crippen LogP contribution is -2.23. The van der Waals surface area contributed by atoms with E-state index in [4.69, 9.17) is 16.3 Å². The molecule has 0 atom stereocenters. The molecular formula is C18H15ClF3N3O2. The van der Waals surface area contributed by atoms with Crippen LogP contribution in [0.15, 0.2) is 36.4 Å². The van der Waals surface area contributed by atoms with Crippen LogP contribution in [0, 0.1) is 6.92 Å². The lowest BCUT2D eigenvalue weighted by molar-refractivity contribution is -0.147. The molecule has 0 saturated carbocycles. The summed E-state index contributed by atoms with van der Waals surface area (Å²) in [5, 5.41) is 3.02. The van der Waals surface area contributed by atoms with Crippen molar-refractivity contribution in [2.75, 3.05) is 12.4 Å². The Morgan fingerprint density at radius 2 is 2.00 bits per heavy atom. The Labute approximate surface area is 157 Å². The first kappa shape index (κ1) is 19.0. The van der Waals surface area contributed by atoms with Crippen LogP contribution in [-0.4, -0.2) is 22.6 Å². The summed E-state index contributed by atoms with van der Waals surface area (Å²) < 4.78 is 46.0. The van der Waals surface area contributed by atoms with Crippen molar-refractivity contribution in [1.82, 2.24) is 9.55 Å². The number of nitrogens with one attached hydrogen (secondary N) is 1. The largest absolute Gasteiger partial charge is 0.495 e. The van der Waals surface area contributed by atoms with Crippen molar-refractivity contribution in [3.8, 4) is 5.75 Å². The van der Waals surface area contributed by atoms with Gasteiger partial charge in [0, 0.05) is 11.1 Å². The predicted octanol–water partition coefficient (Wildman–Crippen LogP) is 4.66. The summed E-state index contributed by atoms with van der Waals surface area (Å²) in [5.74, 6) is -1.47. The van der Waals surface area contributed by atoms with Gasteiger partial charge in [0.2, 0.25) is 11.7 Å². The van der Waals surface area contributed by atoms with Gasteiger partial charge in [-0.1, -0.05) is 23.7 Å². The first-order chi connectivity index (χ1) is 12.7. The van der Waals surface area contributed by atoms with Crippen LogP contribution < -0.4 is 10.1 Å². The van der Waals surface area contributed by atoms with Crippen molar-refractivity contribution < 1.29 is 22.7 Å². The van der Waals surface area contributed by atoms with E-state index in [0.29, 0.717) is 22.0 Å². The second kappa shape index (κ2) is 7.11. The van der Waals surface area contributed by atoms with Gasteiger partial charge in [-0.2, -0.15) is 13.2 Å². The van der Waals surface area contributed by atoms with Crippen molar-refractivity contribution in [1.29, 1.82) is 0 Å². The smallest absolute Gasteiger partial charge is 0.449 e. The van der Waals surface area contributed by atoms with Gasteiger partial charge in [0.1, 0.15) is 12.3 Å². The molecule has 27 heavy (non-hydrogen) atoms. The number of nitrogens with zero attached hydrogens (tertiary/aromatic N) is 2. The van der Waals surface area contributed by atoms with Crippen LogP contribution in [0.3, 0.4) is 0 Å². The molecule has 9 heteroatoms. The number of ether oxygens (including phenoxy) is 1. The average molecular weight is 398 g/mol. The lowest BCUT2D eigenvalue weighted by atomic mass is 10.2. The Balaban J connectivity index is 1.94. The van der Waals surface area contributed by atoms with Gasteiger partial charge in [-0.15, -0.1) is 0 Å². The minimum absolute atomic E-state index is 0.164. The molecule has 0 saturated heterocycles. The number of fused-ring (bicyclic) bond motifs is 1. The molecule has 1 aromatic heterocycles. The summed E-state index contributed by atoms with van der Waals surface area (Å²) in [6.45, 7) is 1.18. The number of halogens is 4. The summed E-state index contributed by atoms with van der Waals surface area (Å²) >= 11 is 6.02. The van der Waals surface area contributed by atoms with Crippen LogP contribution in [0.4, 0.5) is 18.9 Å². The van der Waals surface area contributed by atoms with Crippen LogP contribution in [-0.2, 0) is 17.5 Å². The summed E-state index contributed by atoms with van der Waals surface area (Å²) in [6, 6.07) is 9.24. The van der Waals surface area contributed by atoms with E-state index in [0.717, 1.165) is 4.57 Å². The standard InChI is InChI=1S/C18H15ClF3N3O2/c1-10-7-13(15(27-2)8-11(10)19)23-16(26)9-25-14-6-4-3-5-12(14)24-17(25)18(20,21)22/h3-8H,9H2,1-2H3,(H,23,26). The van der Waals surface area contributed by atoms with Gasteiger partial charge < -0.3 is 14.6 Å². The molecule has 3 rings (SSSR count). The van der Waals surface area contributed by atoms with Crippen LogP contribution >= 0.6 is 11.6 Å². The molecule has 0 radical (unpaired) electrons. The Morgan fingerprint density at radius 3 is 2.67 bits per heavy atom. The van der Waals surface area contributed by atoms with Gasteiger partial charge in [0.05, 0.1) is 23.8 Å². The average Bonchev–Trinajstić information content (AvgIpc) is 2.97. The third-order valence-electron chi connectivity index (χ3n) is 3.96. The quantitative estimate of drug-likeness (QED) is 0.696. The predicted molar refractivity (Wildman–Crippen MR) is 96.1 cm³/mol. The molecule has 5 nitrogen and oxygen atoms in total. The van der Waals surface area contributed by atoms with E-state index in [2.05, 4.69) is 10.3 Å². The number of benzene rings is 2. The van der Waals surface area contributed by atoms with E-state index >= 15 is 0 Å². The number of imidazole rings is 1. The molecule has 0 spiro atoms. The van der Waals surface area contributed by atoms with Crippen molar-refractivity contribution >= 4 is 34.2 Å². The highest BCUT2D eigenvalue weighted by Gasteiger charge is 2.38. The first-order valence-electron chi connectivity index (χ1n) is 7.87. The number of aromatic nitrogens is 2. The molecule has 0 bridgehead atoms. The molecule has 0 unspecified atom stereocenters. The van der Waals surface area contributed by atoms with Crippen LogP contribution in [0.25, 0.3) is 11.0 Å². The summed E-state index contributed by atoms with van der Waals surface area (Å²) in [4.78, 5) is 16.1. The maximum absolute atomic E-state index is 13.3. The Morgan fingerprint density at radius 1 is 1.30 bits per heavy atom. The summed E-state index contributed by atoms with van der Waals surface area (Å²) in [7, 11) is 1.40. The zero-order chi connectivity index (χ0) is 19.8. The van der Waals surface area contributed by atoms with E-state index < -0.39 is 24.5 Å². The number of carbonyl (C=O) groups excluding carboxylic acids is 1. The fraction of sp³-hybridized carbons (Fsp3) is 0.222. The van der Waals surface area contributed by atoms with Crippen LogP contribution in [0.5, 0.6) is 5.75 Å². The highest BCUT2D eigenvalue weighted by Crippen LogP contribution is 2.33. The fourth-order valence-electron chi connectivity index (χ4n) is 2.72. The third-order valence-corrected chi connectivity index (χ3v) is 4.37. The van der Waals surface area contributed by atoms with Gasteiger partial charge in [-0.3, -0.25) is 4.79 Å². The zero-order valence-corrected chi connectivity index (χ0v) is 15.1. The van der Waals surface area contributed by atoms with Gasteiger partial charge in [-0.25, -0.2) is 4.98 Å². The monoisotopic (exact) mass is 397 g/mol. The van der Waals surface area contributed by atoms with Crippen molar-refractivity contribution in [3.05, 3.63) is 52.8 Å². The van der Waals surface area contributed by atoms with Crippen molar-refractivity contribution in [2.24, 2.45) is 0 Å². The van der Waals surface area contributed by atoms with E-state index in [1.54, 1.807) is 25.1 Å². The zero-order valence-electron chi connectivity index (χ0n) is 14.4. The number of anilines is 1. The molecule has 0 aliphatic carbocycles. The first-order valence-corrected chi connectivity index (χ1v) is 8.25. The maximum atomic E-state index is 13.3. The van der Waals surface area contributed by atoms with Crippen molar-refractivity contribution in [2.45, 2.75) is 19.6 Å². The molecular weight excluding hydrogens is 383 g/mol. The Kier molecular flexibility index (Phi) is 5.01. The minimum Gasteiger partial charge on any atom is -0.495 e. The molecule has 2 aromatic carbocycles. The molecule has 1 amide bonds. The Hall–Kier alpha value is -2.74. The number of para-hydroxylation sites is 2. The van der Waals surface area contributed by atoms with Gasteiger partial charge in [0.25, 0.3) is 0 Å². The number of carbonyl (C=O) groups is 1. The number of methoxy groups -OCH3 is 1. The van der Waals surface area contributed by atoms with Crippen LogP contribution in [0.1, 0.15) is 11.4 Å². The number of aryl methyl sites for hydroxylation is 1. The van der Waals surface area contributed by atoms with Gasteiger partial charge in [0.15, 0.2) is 0 Å².